The molecule has 0 aromatic heterocycles. The number of carbonyl (C=O) groups is 1. The molecule has 0 radical (unpaired) electrons. The summed E-state index contributed by atoms with van der Waals surface area (Å²) in [6, 6.07) is 6.94. The summed E-state index contributed by atoms with van der Waals surface area (Å²) in [5.74, 6) is -5.73. The van der Waals surface area contributed by atoms with E-state index >= 15 is 0 Å². The lowest BCUT2D eigenvalue weighted by Crippen LogP contribution is -2.10. The maximum Gasteiger partial charge on any atom is 0.341 e. The van der Waals surface area contributed by atoms with E-state index in [0.717, 1.165) is 7.11 Å². The highest BCUT2D eigenvalue weighted by atomic mass is 19.2. The fraction of sp³-hybridized carbons (Fsp3) is 0.188. The standard InChI is InChI=1S/C16H13F3O4/c1-21-10-5-3-9(4-6-10)8-23-15-13(18)11(16(20)22-2)7-12(17)14(15)19/h3-7H,8H2,1-2H3. The maximum atomic E-state index is 14.1. The van der Waals surface area contributed by atoms with Gasteiger partial charge in [0.15, 0.2) is 17.4 Å². The van der Waals surface area contributed by atoms with Crippen molar-refractivity contribution in [3.05, 3.63) is 58.9 Å². The molecule has 2 rings (SSSR count). The number of methoxy groups -OCH3 is 2. The fourth-order valence-electron chi connectivity index (χ4n) is 1.84. The molecule has 0 bridgehead atoms. The number of rotatable bonds is 5. The first-order chi connectivity index (χ1) is 11.0. The summed E-state index contributed by atoms with van der Waals surface area (Å²) in [4.78, 5) is 11.4. The Morgan fingerprint density at radius 3 is 2.26 bits per heavy atom. The molecule has 122 valence electrons. The smallest absolute Gasteiger partial charge is 0.341 e. The van der Waals surface area contributed by atoms with Crippen molar-refractivity contribution in [1.29, 1.82) is 0 Å². The molecule has 0 fully saturated rings. The third-order valence-corrected chi connectivity index (χ3v) is 3.06. The second kappa shape index (κ2) is 7.04. The molecule has 0 aliphatic rings. The summed E-state index contributed by atoms with van der Waals surface area (Å²) in [6.07, 6.45) is 0. The average molecular weight is 326 g/mol. The first-order valence-electron chi connectivity index (χ1n) is 6.49. The summed E-state index contributed by atoms with van der Waals surface area (Å²) >= 11 is 0. The molecule has 0 aliphatic heterocycles. The predicted octanol–water partition coefficient (Wildman–Crippen LogP) is 3.48. The Kier molecular flexibility index (Phi) is 5.10. The lowest BCUT2D eigenvalue weighted by atomic mass is 10.1. The molecule has 4 nitrogen and oxygen atoms in total. The lowest BCUT2D eigenvalue weighted by Gasteiger charge is -2.11. The van der Waals surface area contributed by atoms with Gasteiger partial charge in [0.2, 0.25) is 5.82 Å². The Morgan fingerprint density at radius 2 is 1.70 bits per heavy atom. The summed E-state index contributed by atoms with van der Waals surface area (Å²) in [5, 5.41) is 0. The van der Waals surface area contributed by atoms with E-state index < -0.39 is 34.7 Å². The minimum absolute atomic E-state index is 0.220. The number of hydrogen-bond acceptors (Lipinski definition) is 4. The van der Waals surface area contributed by atoms with E-state index in [9.17, 15) is 18.0 Å². The number of benzene rings is 2. The molecule has 2 aromatic rings. The van der Waals surface area contributed by atoms with Gasteiger partial charge in [0.1, 0.15) is 17.9 Å². The molecular weight excluding hydrogens is 313 g/mol. The highest BCUT2D eigenvalue weighted by Crippen LogP contribution is 2.28. The van der Waals surface area contributed by atoms with Gasteiger partial charge in [-0.15, -0.1) is 0 Å². The van der Waals surface area contributed by atoms with E-state index in [1.807, 2.05) is 0 Å². The first-order valence-corrected chi connectivity index (χ1v) is 6.49. The molecule has 7 heteroatoms. The van der Waals surface area contributed by atoms with Crippen LogP contribution in [0.5, 0.6) is 11.5 Å². The SMILES string of the molecule is COC(=O)c1cc(F)c(F)c(OCc2ccc(OC)cc2)c1F. The van der Waals surface area contributed by atoms with Crippen LogP contribution in [0.2, 0.25) is 0 Å². The van der Waals surface area contributed by atoms with Gasteiger partial charge in [0, 0.05) is 0 Å². The number of hydrogen-bond donors (Lipinski definition) is 0. The van der Waals surface area contributed by atoms with E-state index in [2.05, 4.69) is 4.74 Å². The number of ether oxygens (including phenoxy) is 3. The molecule has 2 aromatic carbocycles. The Labute approximate surface area is 130 Å². The highest BCUT2D eigenvalue weighted by molar-refractivity contribution is 5.90. The normalized spacial score (nSPS) is 10.3. The molecule has 0 unspecified atom stereocenters. The Bertz CT molecular complexity index is 714. The fourth-order valence-corrected chi connectivity index (χ4v) is 1.84. The Morgan fingerprint density at radius 1 is 1.04 bits per heavy atom. The molecule has 0 amide bonds. The van der Waals surface area contributed by atoms with Crippen LogP contribution >= 0.6 is 0 Å². The largest absolute Gasteiger partial charge is 0.497 e. The zero-order valence-corrected chi connectivity index (χ0v) is 12.4. The van der Waals surface area contributed by atoms with Gasteiger partial charge in [-0.05, 0) is 23.8 Å². The molecule has 23 heavy (non-hydrogen) atoms. The monoisotopic (exact) mass is 326 g/mol. The molecule has 0 saturated heterocycles. The third kappa shape index (κ3) is 3.56. The number of halogens is 3. The van der Waals surface area contributed by atoms with Crippen molar-refractivity contribution in [3.63, 3.8) is 0 Å². The van der Waals surface area contributed by atoms with Crippen LogP contribution in [0.1, 0.15) is 15.9 Å². The second-order valence-corrected chi connectivity index (χ2v) is 4.49. The van der Waals surface area contributed by atoms with Crippen LogP contribution in [-0.2, 0) is 11.3 Å². The molecule has 0 saturated carbocycles. The van der Waals surface area contributed by atoms with Crippen molar-refractivity contribution in [3.8, 4) is 11.5 Å². The van der Waals surface area contributed by atoms with Gasteiger partial charge in [-0.3, -0.25) is 0 Å². The van der Waals surface area contributed by atoms with E-state index in [0.29, 0.717) is 17.4 Å². The van der Waals surface area contributed by atoms with Crippen molar-refractivity contribution < 1.29 is 32.2 Å². The van der Waals surface area contributed by atoms with Crippen LogP contribution in [-0.4, -0.2) is 20.2 Å². The molecule has 0 heterocycles. The van der Waals surface area contributed by atoms with Crippen molar-refractivity contribution >= 4 is 5.97 Å². The Balaban J connectivity index is 2.27. The zero-order valence-electron chi connectivity index (χ0n) is 12.4. The van der Waals surface area contributed by atoms with Crippen molar-refractivity contribution in [1.82, 2.24) is 0 Å². The van der Waals surface area contributed by atoms with Crippen molar-refractivity contribution in [2.45, 2.75) is 6.61 Å². The topological polar surface area (TPSA) is 44.8 Å². The van der Waals surface area contributed by atoms with E-state index in [-0.39, 0.29) is 6.61 Å². The molecular formula is C16H13F3O4. The summed E-state index contributed by atoms with van der Waals surface area (Å²) in [5.41, 5.74) is -0.162. The lowest BCUT2D eigenvalue weighted by molar-refractivity contribution is 0.0593. The van der Waals surface area contributed by atoms with Gasteiger partial charge in [-0.25, -0.2) is 13.6 Å². The Hall–Kier alpha value is -2.70. The van der Waals surface area contributed by atoms with Crippen LogP contribution in [0.4, 0.5) is 13.2 Å². The molecule has 0 spiro atoms. The number of esters is 1. The van der Waals surface area contributed by atoms with E-state index in [4.69, 9.17) is 9.47 Å². The predicted molar refractivity (Wildman–Crippen MR) is 75.0 cm³/mol. The molecule has 0 atom stereocenters. The summed E-state index contributed by atoms with van der Waals surface area (Å²) in [7, 11) is 2.50. The maximum absolute atomic E-state index is 14.1. The molecule has 0 aliphatic carbocycles. The van der Waals surface area contributed by atoms with E-state index in [1.165, 1.54) is 7.11 Å². The third-order valence-electron chi connectivity index (χ3n) is 3.06. The van der Waals surface area contributed by atoms with Gasteiger partial charge in [0.05, 0.1) is 14.2 Å². The summed E-state index contributed by atoms with van der Waals surface area (Å²) in [6.45, 7) is -0.220. The van der Waals surface area contributed by atoms with Crippen LogP contribution in [0.25, 0.3) is 0 Å². The van der Waals surface area contributed by atoms with Crippen molar-refractivity contribution in [2.75, 3.05) is 14.2 Å². The van der Waals surface area contributed by atoms with Gasteiger partial charge in [-0.1, -0.05) is 12.1 Å². The summed E-state index contributed by atoms with van der Waals surface area (Å²) < 4.78 is 55.6. The van der Waals surface area contributed by atoms with Gasteiger partial charge in [-0.2, -0.15) is 4.39 Å². The van der Waals surface area contributed by atoms with Crippen LogP contribution in [0.3, 0.4) is 0 Å². The minimum atomic E-state index is -1.51. The van der Waals surface area contributed by atoms with Gasteiger partial charge in [0.25, 0.3) is 0 Å². The minimum Gasteiger partial charge on any atom is -0.497 e. The quantitative estimate of drug-likeness (QED) is 0.623. The van der Waals surface area contributed by atoms with Crippen LogP contribution in [0, 0.1) is 17.5 Å². The number of carbonyl (C=O) groups excluding carboxylic acids is 1. The average Bonchev–Trinajstić information content (AvgIpc) is 2.58. The second-order valence-electron chi connectivity index (χ2n) is 4.49. The van der Waals surface area contributed by atoms with E-state index in [1.54, 1.807) is 24.3 Å². The molecule has 0 N–H and O–H groups in total. The highest BCUT2D eigenvalue weighted by Gasteiger charge is 2.24. The first kappa shape index (κ1) is 16.7. The van der Waals surface area contributed by atoms with Gasteiger partial charge < -0.3 is 14.2 Å². The zero-order chi connectivity index (χ0) is 17.0. The van der Waals surface area contributed by atoms with Gasteiger partial charge >= 0.3 is 5.97 Å². The van der Waals surface area contributed by atoms with Crippen LogP contribution in [0.15, 0.2) is 30.3 Å². The van der Waals surface area contributed by atoms with Crippen molar-refractivity contribution in [2.24, 2.45) is 0 Å². The van der Waals surface area contributed by atoms with Crippen LogP contribution < -0.4 is 9.47 Å².